The molecule has 0 unspecified atom stereocenters. The van der Waals surface area contributed by atoms with E-state index in [1.165, 1.54) is 4.68 Å². The molecule has 0 N–H and O–H groups in total. The number of hydrogen-bond donors (Lipinski definition) is 0. The number of piperazine rings is 1. The zero-order chi connectivity index (χ0) is 24.4. The Bertz CT molecular complexity index is 1420. The number of carbonyl (C=O) groups excluding carboxylic acids is 1. The van der Waals surface area contributed by atoms with Gasteiger partial charge in [0.1, 0.15) is 11.5 Å². The number of methoxy groups -OCH3 is 2. The molecule has 1 fully saturated rings. The maximum Gasteiger partial charge on any atom is 0.279 e. The summed E-state index contributed by atoms with van der Waals surface area (Å²) >= 11 is 0. The van der Waals surface area contributed by atoms with E-state index in [4.69, 9.17) is 9.47 Å². The van der Waals surface area contributed by atoms with Gasteiger partial charge in [0.05, 0.1) is 31.0 Å². The molecule has 1 saturated heterocycles. The van der Waals surface area contributed by atoms with Crippen molar-refractivity contribution in [1.82, 2.24) is 14.7 Å². The van der Waals surface area contributed by atoms with E-state index in [-0.39, 0.29) is 17.2 Å². The SMILES string of the molecule is COc1ccc(-n2nc(C(=O)N3CCN(c4ccccc4OC)CC3)c3ccccc3c2=O)cc1. The van der Waals surface area contributed by atoms with Crippen LogP contribution in [0.5, 0.6) is 11.5 Å². The van der Waals surface area contributed by atoms with Crippen LogP contribution in [-0.4, -0.2) is 61.0 Å². The molecule has 0 atom stereocenters. The standard InChI is InChI=1S/C27H26N4O4/c1-34-20-13-11-19(12-14-20)31-26(32)22-8-4-3-7-21(22)25(28-31)27(33)30-17-15-29(16-18-30)23-9-5-6-10-24(23)35-2/h3-14H,15-18H2,1-2H3. The van der Waals surface area contributed by atoms with Crippen molar-refractivity contribution in [2.24, 2.45) is 0 Å². The van der Waals surface area contributed by atoms with Crippen LogP contribution in [-0.2, 0) is 0 Å². The van der Waals surface area contributed by atoms with Crippen molar-refractivity contribution < 1.29 is 14.3 Å². The van der Waals surface area contributed by atoms with E-state index in [2.05, 4.69) is 10.00 Å². The monoisotopic (exact) mass is 470 g/mol. The van der Waals surface area contributed by atoms with Gasteiger partial charge in [0.2, 0.25) is 0 Å². The number of aromatic nitrogens is 2. The molecule has 0 bridgehead atoms. The van der Waals surface area contributed by atoms with Gasteiger partial charge in [-0.1, -0.05) is 30.3 Å². The van der Waals surface area contributed by atoms with Crippen LogP contribution in [0.2, 0.25) is 0 Å². The molecule has 8 nitrogen and oxygen atoms in total. The molecule has 1 aliphatic heterocycles. The summed E-state index contributed by atoms with van der Waals surface area (Å²) in [5, 5.41) is 5.55. The van der Waals surface area contributed by atoms with Crippen LogP contribution in [0.25, 0.3) is 16.5 Å². The molecule has 178 valence electrons. The number of para-hydroxylation sites is 2. The van der Waals surface area contributed by atoms with Crippen molar-refractivity contribution in [3.8, 4) is 17.2 Å². The van der Waals surface area contributed by atoms with E-state index in [0.29, 0.717) is 48.4 Å². The lowest BCUT2D eigenvalue weighted by atomic mass is 10.1. The van der Waals surface area contributed by atoms with Gasteiger partial charge in [-0.15, -0.1) is 0 Å². The Kier molecular flexibility index (Phi) is 6.10. The van der Waals surface area contributed by atoms with Gasteiger partial charge in [0.15, 0.2) is 5.69 Å². The minimum atomic E-state index is -0.275. The second-order valence-corrected chi connectivity index (χ2v) is 8.26. The van der Waals surface area contributed by atoms with Gasteiger partial charge in [0.25, 0.3) is 11.5 Å². The summed E-state index contributed by atoms with van der Waals surface area (Å²) in [5.74, 6) is 1.29. The Morgan fingerprint density at radius 2 is 1.46 bits per heavy atom. The highest BCUT2D eigenvalue weighted by atomic mass is 16.5. The van der Waals surface area contributed by atoms with Crippen LogP contribution in [0, 0.1) is 0 Å². The fraction of sp³-hybridized carbons (Fsp3) is 0.222. The van der Waals surface area contributed by atoms with Crippen molar-refractivity contribution in [2.75, 3.05) is 45.3 Å². The van der Waals surface area contributed by atoms with E-state index in [1.54, 1.807) is 61.6 Å². The highest BCUT2D eigenvalue weighted by molar-refractivity contribution is 6.05. The first-order chi connectivity index (χ1) is 17.1. The first-order valence-electron chi connectivity index (χ1n) is 11.4. The van der Waals surface area contributed by atoms with Gasteiger partial charge >= 0.3 is 0 Å². The number of rotatable bonds is 5. The van der Waals surface area contributed by atoms with Crippen LogP contribution in [0.1, 0.15) is 10.5 Å². The lowest BCUT2D eigenvalue weighted by Gasteiger charge is -2.36. The summed E-state index contributed by atoms with van der Waals surface area (Å²) in [7, 11) is 3.24. The van der Waals surface area contributed by atoms with E-state index < -0.39 is 0 Å². The molecule has 3 aromatic carbocycles. The first-order valence-corrected chi connectivity index (χ1v) is 11.4. The Morgan fingerprint density at radius 3 is 2.14 bits per heavy atom. The summed E-state index contributed by atoms with van der Waals surface area (Å²) in [5.41, 5.74) is 1.57. The summed E-state index contributed by atoms with van der Waals surface area (Å²) < 4.78 is 12.0. The van der Waals surface area contributed by atoms with Gasteiger partial charge in [-0.25, -0.2) is 0 Å². The summed E-state index contributed by atoms with van der Waals surface area (Å²) in [6, 6.07) is 22.0. The van der Waals surface area contributed by atoms with Crippen LogP contribution >= 0.6 is 0 Å². The number of fused-ring (bicyclic) bond motifs is 1. The molecular weight excluding hydrogens is 444 g/mol. The fourth-order valence-corrected chi connectivity index (χ4v) is 4.44. The molecule has 4 aromatic rings. The molecule has 8 heteroatoms. The van der Waals surface area contributed by atoms with Crippen LogP contribution in [0.4, 0.5) is 5.69 Å². The predicted octanol–water partition coefficient (Wildman–Crippen LogP) is 3.37. The fourth-order valence-electron chi connectivity index (χ4n) is 4.44. The highest BCUT2D eigenvalue weighted by Crippen LogP contribution is 2.28. The second kappa shape index (κ2) is 9.50. The normalized spacial score (nSPS) is 13.7. The minimum absolute atomic E-state index is 0.192. The van der Waals surface area contributed by atoms with Crippen molar-refractivity contribution in [2.45, 2.75) is 0 Å². The van der Waals surface area contributed by atoms with E-state index in [0.717, 1.165) is 11.4 Å². The van der Waals surface area contributed by atoms with Crippen LogP contribution < -0.4 is 19.9 Å². The third kappa shape index (κ3) is 4.19. The van der Waals surface area contributed by atoms with Crippen molar-refractivity contribution in [3.05, 3.63) is 88.8 Å². The third-order valence-electron chi connectivity index (χ3n) is 6.32. The number of carbonyl (C=O) groups is 1. The largest absolute Gasteiger partial charge is 0.497 e. The van der Waals surface area contributed by atoms with Gasteiger partial charge in [-0.05, 0) is 42.5 Å². The molecule has 0 aliphatic carbocycles. The number of amides is 1. The Labute approximate surface area is 202 Å². The van der Waals surface area contributed by atoms with E-state index in [9.17, 15) is 9.59 Å². The number of ether oxygens (including phenoxy) is 2. The van der Waals surface area contributed by atoms with Gasteiger partial charge in [0, 0.05) is 31.6 Å². The Balaban J connectivity index is 1.47. The van der Waals surface area contributed by atoms with Crippen molar-refractivity contribution in [3.63, 3.8) is 0 Å². The smallest absolute Gasteiger partial charge is 0.279 e. The van der Waals surface area contributed by atoms with Crippen LogP contribution in [0.15, 0.2) is 77.6 Å². The lowest BCUT2D eigenvalue weighted by molar-refractivity contribution is 0.0741. The van der Waals surface area contributed by atoms with Crippen LogP contribution in [0.3, 0.4) is 0 Å². The second-order valence-electron chi connectivity index (χ2n) is 8.26. The molecule has 5 rings (SSSR count). The topological polar surface area (TPSA) is 76.9 Å². The zero-order valence-electron chi connectivity index (χ0n) is 19.7. The van der Waals surface area contributed by atoms with E-state index >= 15 is 0 Å². The minimum Gasteiger partial charge on any atom is -0.497 e. The molecule has 0 radical (unpaired) electrons. The molecule has 1 amide bonds. The summed E-state index contributed by atoms with van der Waals surface area (Å²) in [6.45, 7) is 2.41. The third-order valence-corrected chi connectivity index (χ3v) is 6.32. The molecule has 1 aliphatic rings. The summed E-state index contributed by atoms with van der Waals surface area (Å²) in [6.07, 6.45) is 0. The van der Waals surface area contributed by atoms with Gasteiger partial charge in [-0.2, -0.15) is 9.78 Å². The molecule has 2 heterocycles. The average Bonchev–Trinajstić information content (AvgIpc) is 2.93. The lowest BCUT2D eigenvalue weighted by Crippen LogP contribution is -2.49. The van der Waals surface area contributed by atoms with Gasteiger partial charge in [-0.3, -0.25) is 9.59 Å². The first kappa shape index (κ1) is 22.5. The quantitative estimate of drug-likeness (QED) is 0.445. The highest BCUT2D eigenvalue weighted by Gasteiger charge is 2.27. The molecule has 35 heavy (non-hydrogen) atoms. The van der Waals surface area contributed by atoms with Gasteiger partial charge < -0.3 is 19.3 Å². The molecule has 0 spiro atoms. The Morgan fingerprint density at radius 1 is 0.800 bits per heavy atom. The molecule has 0 saturated carbocycles. The number of anilines is 1. The molecular formula is C27H26N4O4. The number of hydrogen-bond acceptors (Lipinski definition) is 6. The van der Waals surface area contributed by atoms with Crippen molar-refractivity contribution >= 4 is 22.4 Å². The van der Waals surface area contributed by atoms with Crippen molar-refractivity contribution in [1.29, 1.82) is 0 Å². The number of nitrogens with zero attached hydrogens (tertiary/aromatic N) is 4. The number of benzene rings is 3. The zero-order valence-corrected chi connectivity index (χ0v) is 19.7. The molecule has 1 aromatic heterocycles. The van der Waals surface area contributed by atoms with E-state index in [1.807, 2.05) is 30.3 Å². The maximum atomic E-state index is 13.7. The summed E-state index contributed by atoms with van der Waals surface area (Å²) in [4.78, 5) is 30.9. The Hall–Kier alpha value is -4.33. The predicted molar refractivity (Wildman–Crippen MR) is 135 cm³/mol. The average molecular weight is 471 g/mol. The maximum absolute atomic E-state index is 13.7.